The molecule has 1 aliphatic heterocycles. The molecule has 0 aliphatic carbocycles. The molecule has 1 heterocycles. The maximum absolute atomic E-state index is 13.4. The van der Waals surface area contributed by atoms with E-state index in [2.05, 4.69) is 0 Å². The molecule has 0 radical (unpaired) electrons. The fourth-order valence-corrected chi connectivity index (χ4v) is 5.18. The molecule has 0 bridgehead atoms. The second kappa shape index (κ2) is 10.2. The van der Waals surface area contributed by atoms with Crippen LogP contribution >= 0.6 is 0 Å². The van der Waals surface area contributed by atoms with Gasteiger partial charge in [-0.1, -0.05) is 24.6 Å². The van der Waals surface area contributed by atoms with E-state index in [1.165, 1.54) is 59.6 Å². The lowest BCUT2D eigenvalue weighted by Gasteiger charge is -2.26. The molecule has 2 aromatic carbocycles. The molecule has 1 unspecified atom stereocenters. The van der Waals surface area contributed by atoms with Crippen molar-refractivity contribution in [2.75, 3.05) is 20.1 Å². The average Bonchev–Trinajstić information content (AvgIpc) is 2.79. The summed E-state index contributed by atoms with van der Waals surface area (Å²) >= 11 is 0. The van der Waals surface area contributed by atoms with Gasteiger partial charge in [-0.15, -0.1) is 0 Å². The minimum absolute atomic E-state index is 0.0241. The number of carbonyl (C=O) groups is 2. The van der Waals surface area contributed by atoms with Gasteiger partial charge in [0.05, 0.1) is 10.5 Å². The molecule has 7 nitrogen and oxygen atoms in total. The number of hydrogen-bond donors (Lipinski definition) is 0. The molecule has 1 aliphatic rings. The summed E-state index contributed by atoms with van der Waals surface area (Å²) in [6.07, 6.45) is 1.52. The number of likely N-dealkylation sites (N-methyl/N-ethyl adjacent to an activating group) is 1. The number of amides is 1. The van der Waals surface area contributed by atoms with Crippen LogP contribution < -0.4 is 0 Å². The number of ether oxygens (including phenoxy) is 1. The highest BCUT2D eigenvalue weighted by atomic mass is 32.2. The monoisotopic (exact) mass is 462 g/mol. The van der Waals surface area contributed by atoms with Crippen LogP contribution in [0, 0.1) is 5.82 Å². The number of rotatable bonds is 7. The van der Waals surface area contributed by atoms with Crippen LogP contribution in [0.4, 0.5) is 4.39 Å². The number of nitrogens with zero attached hydrogens (tertiary/aromatic N) is 2. The summed E-state index contributed by atoms with van der Waals surface area (Å²) in [5.41, 5.74) is 0.658. The molecular formula is C23H27FN2O5S. The van der Waals surface area contributed by atoms with Gasteiger partial charge in [-0.05, 0) is 55.7 Å². The number of benzene rings is 2. The van der Waals surface area contributed by atoms with Crippen molar-refractivity contribution in [2.24, 2.45) is 0 Å². The fourth-order valence-electron chi connectivity index (χ4n) is 3.61. The molecule has 1 atom stereocenters. The van der Waals surface area contributed by atoms with Crippen molar-refractivity contribution in [3.63, 3.8) is 0 Å². The number of piperidine rings is 1. The van der Waals surface area contributed by atoms with E-state index in [1.807, 2.05) is 0 Å². The molecule has 1 saturated heterocycles. The molecular weight excluding hydrogens is 435 g/mol. The number of sulfonamides is 1. The Balaban J connectivity index is 1.66. The number of carbonyl (C=O) groups excluding carboxylic acids is 2. The maximum Gasteiger partial charge on any atom is 0.338 e. The first-order valence-electron chi connectivity index (χ1n) is 10.5. The molecule has 2 aromatic rings. The number of hydrogen-bond acceptors (Lipinski definition) is 5. The van der Waals surface area contributed by atoms with Gasteiger partial charge >= 0.3 is 5.97 Å². The number of esters is 1. The van der Waals surface area contributed by atoms with E-state index in [0.29, 0.717) is 18.7 Å². The second-order valence-corrected chi connectivity index (χ2v) is 9.80. The first-order valence-corrected chi connectivity index (χ1v) is 11.9. The molecule has 9 heteroatoms. The summed E-state index contributed by atoms with van der Waals surface area (Å²) in [5, 5.41) is 0. The van der Waals surface area contributed by atoms with Gasteiger partial charge in [-0.25, -0.2) is 17.6 Å². The largest absolute Gasteiger partial charge is 0.449 e. The standard InChI is InChI=1S/C23H27FN2O5S/c1-17(22(27)25(2)16-18-8-6-10-20(24)14-18)31-23(28)19-9-7-11-21(15-19)32(29,30)26-12-4-3-5-13-26/h6-11,14-15,17H,3-5,12-13,16H2,1-2H3. The third-order valence-corrected chi connectivity index (χ3v) is 7.23. The summed E-state index contributed by atoms with van der Waals surface area (Å²) in [7, 11) is -2.16. The lowest BCUT2D eigenvalue weighted by atomic mass is 10.2. The van der Waals surface area contributed by atoms with E-state index < -0.39 is 33.8 Å². The van der Waals surface area contributed by atoms with Gasteiger partial charge in [0.15, 0.2) is 6.10 Å². The highest BCUT2D eigenvalue weighted by Gasteiger charge is 2.27. The molecule has 0 N–H and O–H groups in total. The summed E-state index contributed by atoms with van der Waals surface area (Å²) in [6.45, 7) is 2.51. The number of halogens is 1. The molecule has 3 rings (SSSR count). The first kappa shape index (κ1) is 23.9. The SMILES string of the molecule is CC(OC(=O)c1cccc(S(=O)(=O)N2CCCCC2)c1)C(=O)N(C)Cc1cccc(F)c1. The Hall–Kier alpha value is -2.78. The van der Waals surface area contributed by atoms with Gasteiger partial charge in [-0.3, -0.25) is 4.79 Å². The zero-order valence-electron chi connectivity index (χ0n) is 18.2. The van der Waals surface area contributed by atoms with Crippen LogP contribution in [-0.4, -0.2) is 55.7 Å². The minimum Gasteiger partial charge on any atom is -0.449 e. The lowest BCUT2D eigenvalue weighted by molar-refractivity contribution is -0.139. The van der Waals surface area contributed by atoms with E-state index >= 15 is 0 Å². The Labute approximate surface area is 187 Å². The molecule has 32 heavy (non-hydrogen) atoms. The van der Waals surface area contributed by atoms with Crippen LogP contribution in [0.25, 0.3) is 0 Å². The van der Waals surface area contributed by atoms with Crippen molar-refractivity contribution in [1.82, 2.24) is 9.21 Å². The summed E-state index contributed by atoms with van der Waals surface area (Å²) < 4.78 is 45.8. The molecule has 1 fully saturated rings. The van der Waals surface area contributed by atoms with Crippen LogP contribution in [0.1, 0.15) is 42.1 Å². The molecule has 1 amide bonds. The van der Waals surface area contributed by atoms with E-state index in [0.717, 1.165) is 19.3 Å². The maximum atomic E-state index is 13.4. The van der Waals surface area contributed by atoms with Gasteiger partial charge in [0, 0.05) is 26.7 Å². The normalized spacial score (nSPS) is 15.7. The van der Waals surface area contributed by atoms with Crippen molar-refractivity contribution in [3.05, 3.63) is 65.5 Å². The second-order valence-electron chi connectivity index (χ2n) is 7.86. The van der Waals surface area contributed by atoms with Crippen LogP contribution in [0.5, 0.6) is 0 Å². The van der Waals surface area contributed by atoms with Gasteiger partial charge in [0.25, 0.3) is 5.91 Å². The van der Waals surface area contributed by atoms with Crippen LogP contribution in [0.3, 0.4) is 0 Å². The van der Waals surface area contributed by atoms with Gasteiger partial charge in [0.2, 0.25) is 10.0 Å². The third kappa shape index (κ3) is 5.72. The molecule has 0 spiro atoms. The zero-order valence-corrected chi connectivity index (χ0v) is 19.0. The van der Waals surface area contributed by atoms with Crippen molar-refractivity contribution in [2.45, 2.75) is 43.7 Å². The molecule has 0 aromatic heterocycles. The summed E-state index contributed by atoms with van der Waals surface area (Å²) in [5.74, 6) is -1.65. The van der Waals surface area contributed by atoms with Crippen LogP contribution in [0.15, 0.2) is 53.4 Å². The average molecular weight is 463 g/mol. The van der Waals surface area contributed by atoms with Crippen molar-refractivity contribution in [3.8, 4) is 0 Å². The van der Waals surface area contributed by atoms with E-state index in [4.69, 9.17) is 4.74 Å². The highest BCUT2D eigenvalue weighted by molar-refractivity contribution is 7.89. The molecule has 0 saturated carbocycles. The minimum atomic E-state index is -3.69. The van der Waals surface area contributed by atoms with Gasteiger partial charge < -0.3 is 9.64 Å². The van der Waals surface area contributed by atoms with Crippen LogP contribution in [0.2, 0.25) is 0 Å². The topological polar surface area (TPSA) is 84.0 Å². The fraction of sp³-hybridized carbons (Fsp3) is 0.391. The Morgan fingerprint density at radius 3 is 2.47 bits per heavy atom. The quantitative estimate of drug-likeness (QED) is 0.590. The van der Waals surface area contributed by atoms with E-state index in [-0.39, 0.29) is 17.0 Å². The first-order chi connectivity index (χ1) is 15.2. The van der Waals surface area contributed by atoms with E-state index in [9.17, 15) is 22.4 Å². The van der Waals surface area contributed by atoms with Crippen LogP contribution in [-0.2, 0) is 26.1 Å². The Kier molecular flexibility index (Phi) is 7.63. The zero-order chi connectivity index (χ0) is 23.3. The highest BCUT2D eigenvalue weighted by Crippen LogP contribution is 2.22. The molecule has 172 valence electrons. The summed E-state index contributed by atoms with van der Waals surface area (Å²) in [6, 6.07) is 11.5. The third-order valence-electron chi connectivity index (χ3n) is 5.34. The summed E-state index contributed by atoms with van der Waals surface area (Å²) in [4.78, 5) is 26.5. The predicted molar refractivity (Wildman–Crippen MR) is 117 cm³/mol. The Morgan fingerprint density at radius 1 is 1.09 bits per heavy atom. The van der Waals surface area contributed by atoms with Crippen molar-refractivity contribution in [1.29, 1.82) is 0 Å². The Bertz CT molecular complexity index is 1080. The smallest absolute Gasteiger partial charge is 0.338 e. The van der Waals surface area contributed by atoms with Gasteiger partial charge in [0.1, 0.15) is 5.82 Å². The lowest BCUT2D eigenvalue weighted by Crippen LogP contribution is -2.37. The van der Waals surface area contributed by atoms with E-state index in [1.54, 1.807) is 12.1 Å². The predicted octanol–water partition coefficient (Wildman–Crippen LogP) is 3.20. The Morgan fingerprint density at radius 2 is 1.78 bits per heavy atom. The van der Waals surface area contributed by atoms with Crippen molar-refractivity contribution < 1.29 is 27.1 Å². The van der Waals surface area contributed by atoms with Crippen molar-refractivity contribution >= 4 is 21.9 Å². The van der Waals surface area contributed by atoms with Gasteiger partial charge in [-0.2, -0.15) is 4.31 Å².